The average molecular weight is 696 g/mol. The van der Waals surface area contributed by atoms with Crippen molar-refractivity contribution >= 4 is 40.8 Å². The van der Waals surface area contributed by atoms with Gasteiger partial charge in [-0.2, -0.15) is 10.2 Å². The first kappa shape index (κ1) is 41.6. The molecule has 11 nitrogen and oxygen atoms in total. The number of rotatable bonds is 22. The molecule has 0 radical (unpaired) electrons. The third kappa shape index (κ3) is 18.1. The van der Waals surface area contributed by atoms with E-state index in [-0.39, 0.29) is 41.9 Å². The van der Waals surface area contributed by atoms with Gasteiger partial charge in [0.15, 0.2) is 5.78 Å². The third-order valence-electron chi connectivity index (χ3n) is 7.16. The zero-order valence-corrected chi connectivity index (χ0v) is 29.5. The predicted octanol–water partition coefficient (Wildman–Crippen LogP) is 7.98. The molecule has 0 saturated heterocycles. The van der Waals surface area contributed by atoms with Gasteiger partial charge in [0.1, 0.15) is 5.75 Å². The van der Waals surface area contributed by atoms with E-state index in [9.17, 15) is 24.0 Å². The minimum absolute atomic E-state index is 0.0228. The lowest BCUT2D eigenvalue weighted by Gasteiger charge is -2.10. The summed E-state index contributed by atoms with van der Waals surface area (Å²) in [6.45, 7) is 3.50. The van der Waals surface area contributed by atoms with Crippen molar-refractivity contribution in [3.8, 4) is 5.75 Å². The smallest absolute Gasteiger partial charge is 0.311 e. The Morgan fingerprint density at radius 1 is 0.765 bits per heavy atom. The second-order valence-electron chi connectivity index (χ2n) is 11.5. The molecule has 0 aliphatic carbocycles. The molecule has 11 heteroatoms. The van der Waals surface area contributed by atoms with Crippen LogP contribution in [0.5, 0.6) is 5.75 Å². The van der Waals surface area contributed by atoms with Crippen molar-refractivity contribution < 1.29 is 28.7 Å². The molecule has 1 atom stereocenters. The maximum absolute atomic E-state index is 12.5. The molecule has 0 heterocycles. The Morgan fingerprint density at radius 2 is 1.31 bits per heavy atom. The number of nitrogens with zero attached hydrogens (tertiary/aromatic N) is 2. The number of carbonyl (C=O) groups excluding carboxylic acids is 5. The van der Waals surface area contributed by atoms with Gasteiger partial charge in [-0.15, -0.1) is 0 Å². The van der Waals surface area contributed by atoms with Crippen molar-refractivity contribution in [2.75, 3.05) is 0 Å². The molecule has 0 saturated carbocycles. The number of primary amides is 1. The fraction of sp³-hybridized carbons (Fsp3) is 0.325. The molecule has 2 aromatic carbocycles. The maximum atomic E-state index is 12.5. The largest absolute Gasteiger partial charge is 0.426 e. The molecular formula is C40H49N5O6. The summed E-state index contributed by atoms with van der Waals surface area (Å²) in [6, 6.07) is 9.48. The van der Waals surface area contributed by atoms with Gasteiger partial charge in [-0.3, -0.25) is 29.3 Å². The second kappa shape index (κ2) is 24.6. The highest BCUT2D eigenvalue weighted by molar-refractivity contribution is 6.06. The van der Waals surface area contributed by atoms with E-state index in [1.165, 1.54) is 43.3 Å². The van der Waals surface area contributed by atoms with Crippen LogP contribution in [0.4, 0.5) is 11.4 Å². The molecule has 51 heavy (non-hydrogen) atoms. The van der Waals surface area contributed by atoms with Crippen LogP contribution >= 0.6 is 0 Å². The standard InChI is InChI=1S/C40H49N5O6/c1-3-4-5-6-7-8-9-10-11-12-13-14-15-16-17-18-19-20-38(48)51-36-27-25-33(29-34(36)30(2)46)45-44-32-23-21-31(22-24-32)39(49)43-40(50)35(41)26-28-37(42)47/h4-5,7-8,10-11,13-14,16-17,21-25,27,29,35H,3,6,9,12,15,18-20,26,28,41H2,1-2H3,(H2,42,47)(H,43,49,50)/b5-4-,8-7-,11-10-,14-13-,17-16-,45-44?. The summed E-state index contributed by atoms with van der Waals surface area (Å²) >= 11 is 0. The molecule has 0 bridgehead atoms. The van der Waals surface area contributed by atoms with Gasteiger partial charge in [0.25, 0.3) is 5.91 Å². The van der Waals surface area contributed by atoms with Crippen LogP contribution in [-0.2, 0) is 14.4 Å². The number of ether oxygens (including phenoxy) is 1. The van der Waals surface area contributed by atoms with Crippen LogP contribution in [0.25, 0.3) is 0 Å². The maximum Gasteiger partial charge on any atom is 0.311 e. The van der Waals surface area contributed by atoms with Gasteiger partial charge in [-0.25, -0.2) is 0 Å². The number of nitrogens with two attached hydrogens (primary N) is 2. The SMILES string of the molecule is CC/C=C\C/C=C\C/C=C\C/C=C\C/C=C\CCCC(=O)Oc1ccc(N=Nc2ccc(C(=O)NC(=O)C(N)CCC(N)=O)cc2)cc1C(C)=O. The van der Waals surface area contributed by atoms with Crippen molar-refractivity contribution in [3.63, 3.8) is 0 Å². The molecule has 3 amide bonds. The first-order valence-corrected chi connectivity index (χ1v) is 17.1. The molecule has 0 aromatic heterocycles. The number of amides is 3. The average Bonchev–Trinajstić information content (AvgIpc) is 3.11. The van der Waals surface area contributed by atoms with E-state index in [0.717, 1.165) is 38.5 Å². The van der Waals surface area contributed by atoms with Crippen LogP contribution < -0.4 is 21.5 Å². The highest BCUT2D eigenvalue weighted by Crippen LogP contribution is 2.27. The minimum Gasteiger partial charge on any atom is -0.426 e. The number of imide groups is 1. The van der Waals surface area contributed by atoms with Crippen molar-refractivity contribution in [1.29, 1.82) is 0 Å². The fourth-order valence-corrected chi connectivity index (χ4v) is 4.35. The Hall–Kier alpha value is -5.55. The first-order valence-electron chi connectivity index (χ1n) is 17.1. The number of azo groups is 1. The van der Waals surface area contributed by atoms with Gasteiger partial charge >= 0.3 is 5.97 Å². The van der Waals surface area contributed by atoms with E-state index in [2.05, 4.69) is 77.2 Å². The highest BCUT2D eigenvalue weighted by atomic mass is 16.5. The zero-order chi connectivity index (χ0) is 37.3. The lowest BCUT2D eigenvalue weighted by Crippen LogP contribution is -2.43. The summed E-state index contributed by atoms with van der Waals surface area (Å²) in [5, 5.41) is 10.5. The number of Topliss-reactive ketones (excluding diaryl/α,β-unsaturated/α-hetero) is 1. The van der Waals surface area contributed by atoms with E-state index >= 15 is 0 Å². The summed E-state index contributed by atoms with van der Waals surface area (Å²) in [5.41, 5.74) is 11.9. The van der Waals surface area contributed by atoms with Crippen molar-refractivity contribution in [1.82, 2.24) is 5.32 Å². The Labute approximate surface area is 300 Å². The number of unbranched alkanes of at least 4 members (excludes halogenated alkanes) is 1. The van der Waals surface area contributed by atoms with Crippen molar-refractivity contribution in [2.45, 2.75) is 84.1 Å². The molecule has 1 unspecified atom stereocenters. The van der Waals surface area contributed by atoms with Crippen LogP contribution in [0.2, 0.25) is 0 Å². The van der Waals surface area contributed by atoms with Gasteiger partial charge in [0.05, 0.1) is 23.0 Å². The van der Waals surface area contributed by atoms with E-state index in [4.69, 9.17) is 16.2 Å². The number of carbonyl (C=O) groups is 5. The lowest BCUT2D eigenvalue weighted by atomic mass is 10.1. The summed E-state index contributed by atoms with van der Waals surface area (Å²) in [4.78, 5) is 60.1. The van der Waals surface area contributed by atoms with Gasteiger partial charge in [-0.05, 0) is 101 Å². The van der Waals surface area contributed by atoms with E-state index in [1.807, 2.05) is 6.08 Å². The molecule has 2 aromatic rings. The number of hydrogen-bond acceptors (Lipinski definition) is 9. The molecule has 0 aliphatic heterocycles. The number of nitrogens with one attached hydrogen (secondary N) is 1. The number of ketones is 1. The molecule has 5 N–H and O–H groups in total. The monoisotopic (exact) mass is 695 g/mol. The van der Waals surface area contributed by atoms with Crippen LogP contribution in [0, 0.1) is 0 Å². The Bertz CT molecular complexity index is 1640. The van der Waals surface area contributed by atoms with E-state index < -0.39 is 29.7 Å². The first-order chi connectivity index (χ1) is 24.6. The normalized spacial score (nSPS) is 12.5. The number of hydrogen-bond donors (Lipinski definition) is 3. The Morgan fingerprint density at radius 3 is 1.88 bits per heavy atom. The molecule has 0 spiro atoms. The molecular weight excluding hydrogens is 646 g/mol. The number of esters is 1. The van der Waals surface area contributed by atoms with Crippen LogP contribution in [0.15, 0.2) is 113 Å². The van der Waals surface area contributed by atoms with E-state index in [0.29, 0.717) is 17.8 Å². The van der Waals surface area contributed by atoms with Gasteiger partial charge in [0, 0.05) is 18.4 Å². The molecule has 2 rings (SSSR count). The van der Waals surface area contributed by atoms with Crippen molar-refractivity contribution in [3.05, 3.63) is 114 Å². The summed E-state index contributed by atoms with van der Waals surface area (Å²) < 4.78 is 5.48. The van der Waals surface area contributed by atoms with Crippen LogP contribution in [0.3, 0.4) is 0 Å². The molecule has 270 valence electrons. The van der Waals surface area contributed by atoms with E-state index in [1.54, 1.807) is 6.07 Å². The topological polar surface area (TPSA) is 183 Å². The molecule has 0 fully saturated rings. The zero-order valence-electron chi connectivity index (χ0n) is 29.5. The second-order valence-corrected chi connectivity index (χ2v) is 11.5. The van der Waals surface area contributed by atoms with Crippen LogP contribution in [0.1, 0.15) is 98.8 Å². The van der Waals surface area contributed by atoms with Crippen molar-refractivity contribution in [2.24, 2.45) is 21.7 Å². The Balaban J connectivity index is 1.77. The van der Waals surface area contributed by atoms with Gasteiger partial charge < -0.3 is 16.2 Å². The molecule has 0 aliphatic rings. The predicted molar refractivity (Wildman–Crippen MR) is 200 cm³/mol. The summed E-state index contributed by atoms with van der Waals surface area (Å²) in [5.74, 6) is -2.55. The minimum atomic E-state index is -1.05. The number of allylic oxidation sites excluding steroid dienone is 10. The summed E-state index contributed by atoms with van der Waals surface area (Å²) in [7, 11) is 0. The fourth-order valence-electron chi connectivity index (χ4n) is 4.35. The highest BCUT2D eigenvalue weighted by Gasteiger charge is 2.18. The van der Waals surface area contributed by atoms with Crippen LogP contribution in [-0.4, -0.2) is 35.5 Å². The van der Waals surface area contributed by atoms with Gasteiger partial charge in [0.2, 0.25) is 11.8 Å². The van der Waals surface area contributed by atoms with Gasteiger partial charge in [-0.1, -0.05) is 67.7 Å². The quantitative estimate of drug-likeness (QED) is 0.0278. The summed E-state index contributed by atoms with van der Waals surface area (Å²) in [6.07, 6.45) is 27.6. The Kier molecular flexibility index (Phi) is 20.0. The lowest BCUT2D eigenvalue weighted by molar-refractivity contribution is -0.134. The third-order valence-corrected chi connectivity index (χ3v) is 7.16. The number of benzene rings is 2.